The molecule has 2 aromatic rings. The summed E-state index contributed by atoms with van der Waals surface area (Å²) < 4.78 is 14.8. The van der Waals surface area contributed by atoms with E-state index in [9.17, 15) is 9.50 Å². The maximum Gasteiger partial charge on any atom is 0.123 e. The summed E-state index contributed by atoms with van der Waals surface area (Å²) in [6.07, 6.45) is 1.01. The van der Waals surface area contributed by atoms with Crippen LogP contribution in [0.1, 0.15) is 37.3 Å². The Balaban J connectivity index is 2.25. The van der Waals surface area contributed by atoms with Crippen LogP contribution in [0.5, 0.6) is 0 Å². The topological polar surface area (TPSA) is 38.0 Å². The van der Waals surface area contributed by atoms with E-state index in [1.165, 1.54) is 18.3 Å². The van der Waals surface area contributed by atoms with Crippen molar-refractivity contribution < 1.29 is 9.50 Å². The summed E-state index contributed by atoms with van der Waals surface area (Å²) >= 11 is 6.06. The summed E-state index contributed by atoms with van der Waals surface area (Å²) in [6, 6.07) is 6.29. The summed E-state index contributed by atoms with van der Waals surface area (Å²) in [4.78, 5) is 0. The molecule has 3 nitrogen and oxygen atoms in total. The molecule has 0 radical (unpaired) electrons. The van der Waals surface area contributed by atoms with Gasteiger partial charge in [-0.2, -0.15) is 5.10 Å². The van der Waals surface area contributed by atoms with E-state index < -0.39 is 6.10 Å². The Morgan fingerprint density at radius 1 is 1.42 bits per heavy atom. The normalized spacial score (nSPS) is 12.9. The minimum atomic E-state index is -0.806. The Morgan fingerprint density at radius 2 is 2.16 bits per heavy atom. The van der Waals surface area contributed by atoms with Gasteiger partial charge in [-0.05, 0) is 31.5 Å². The van der Waals surface area contributed by atoms with Crippen LogP contribution >= 0.6 is 11.6 Å². The second kappa shape index (κ2) is 5.72. The van der Waals surface area contributed by atoms with Crippen molar-refractivity contribution in [3.63, 3.8) is 0 Å². The molecule has 0 aliphatic heterocycles. The summed E-state index contributed by atoms with van der Waals surface area (Å²) in [5.41, 5.74) is 1.29. The zero-order valence-corrected chi connectivity index (χ0v) is 11.6. The van der Waals surface area contributed by atoms with Gasteiger partial charge in [-0.1, -0.05) is 23.7 Å². The maximum atomic E-state index is 13.1. The van der Waals surface area contributed by atoms with E-state index in [1.807, 2.05) is 13.8 Å². The van der Waals surface area contributed by atoms with Crippen LogP contribution in [0, 0.1) is 5.82 Å². The van der Waals surface area contributed by atoms with E-state index in [0.29, 0.717) is 17.1 Å². The second-order valence-corrected chi connectivity index (χ2v) is 5.17. The Bertz CT molecular complexity index is 568. The van der Waals surface area contributed by atoms with Gasteiger partial charge >= 0.3 is 0 Å². The molecule has 1 aromatic carbocycles. The lowest BCUT2D eigenvalue weighted by Gasteiger charge is -2.16. The van der Waals surface area contributed by atoms with E-state index in [0.717, 1.165) is 5.56 Å². The fourth-order valence-corrected chi connectivity index (χ4v) is 2.31. The highest BCUT2D eigenvalue weighted by Crippen LogP contribution is 2.27. The molecule has 0 fully saturated rings. The van der Waals surface area contributed by atoms with Crippen molar-refractivity contribution in [2.45, 2.75) is 32.4 Å². The highest BCUT2D eigenvalue weighted by atomic mass is 35.5. The number of rotatable bonds is 4. The fraction of sp³-hybridized carbons (Fsp3) is 0.357. The van der Waals surface area contributed by atoms with Crippen molar-refractivity contribution in [3.05, 3.63) is 52.6 Å². The highest BCUT2D eigenvalue weighted by Gasteiger charge is 2.20. The lowest BCUT2D eigenvalue weighted by molar-refractivity contribution is 0.164. The number of hydrogen-bond donors (Lipinski definition) is 1. The number of aromatic nitrogens is 2. The standard InChI is InChI=1S/C14H16ClFN2O/c1-9(2)18-14(12(15)8-17-18)13(19)7-10-4-3-5-11(16)6-10/h3-6,8-9,13,19H,7H2,1-2H3. The van der Waals surface area contributed by atoms with E-state index in [2.05, 4.69) is 5.10 Å². The number of aliphatic hydroxyl groups is 1. The lowest BCUT2D eigenvalue weighted by Crippen LogP contribution is -2.13. The van der Waals surface area contributed by atoms with Gasteiger partial charge in [0, 0.05) is 12.5 Å². The first-order valence-electron chi connectivity index (χ1n) is 6.14. The lowest BCUT2D eigenvalue weighted by atomic mass is 10.1. The molecule has 1 N–H and O–H groups in total. The molecule has 0 amide bonds. The molecule has 0 spiro atoms. The Hall–Kier alpha value is -1.39. The van der Waals surface area contributed by atoms with Crippen LogP contribution < -0.4 is 0 Å². The minimum Gasteiger partial charge on any atom is -0.386 e. The van der Waals surface area contributed by atoms with Crippen molar-refractivity contribution >= 4 is 11.6 Å². The molecule has 1 heterocycles. The van der Waals surface area contributed by atoms with Crippen molar-refractivity contribution in [1.82, 2.24) is 9.78 Å². The number of aliphatic hydroxyl groups excluding tert-OH is 1. The van der Waals surface area contributed by atoms with Crippen LogP contribution in [0.25, 0.3) is 0 Å². The van der Waals surface area contributed by atoms with Gasteiger partial charge < -0.3 is 5.11 Å². The third-order valence-electron chi connectivity index (χ3n) is 2.91. The Morgan fingerprint density at radius 3 is 2.79 bits per heavy atom. The molecule has 0 aliphatic carbocycles. The molecule has 1 atom stereocenters. The molecule has 19 heavy (non-hydrogen) atoms. The molecule has 5 heteroatoms. The van der Waals surface area contributed by atoms with Gasteiger partial charge in [-0.3, -0.25) is 4.68 Å². The Kier molecular flexibility index (Phi) is 4.22. The van der Waals surface area contributed by atoms with Gasteiger partial charge in [0.2, 0.25) is 0 Å². The van der Waals surface area contributed by atoms with Crippen molar-refractivity contribution in [3.8, 4) is 0 Å². The van der Waals surface area contributed by atoms with Crippen LogP contribution in [-0.2, 0) is 6.42 Å². The quantitative estimate of drug-likeness (QED) is 0.931. The van der Waals surface area contributed by atoms with Crippen molar-refractivity contribution in [2.75, 3.05) is 0 Å². The zero-order chi connectivity index (χ0) is 14.0. The average Bonchev–Trinajstić information content (AvgIpc) is 2.71. The Labute approximate surface area is 116 Å². The van der Waals surface area contributed by atoms with Crippen molar-refractivity contribution in [2.24, 2.45) is 0 Å². The van der Waals surface area contributed by atoms with E-state index >= 15 is 0 Å². The van der Waals surface area contributed by atoms with Gasteiger partial charge in [0.05, 0.1) is 16.9 Å². The molecule has 1 unspecified atom stereocenters. The predicted octanol–water partition coefficient (Wildman–Crippen LogP) is 3.53. The monoisotopic (exact) mass is 282 g/mol. The van der Waals surface area contributed by atoms with Gasteiger partial charge in [-0.25, -0.2) is 4.39 Å². The van der Waals surface area contributed by atoms with Crippen LogP contribution in [0.4, 0.5) is 4.39 Å². The maximum absolute atomic E-state index is 13.1. The van der Waals surface area contributed by atoms with Crippen LogP contribution in [0.2, 0.25) is 5.02 Å². The van der Waals surface area contributed by atoms with Gasteiger partial charge in [0.25, 0.3) is 0 Å². The SMILES string of the molecule is CC(C)n1ncc(Cl)c1C(O)Cc1cccc(F)c1. The van der Waals surface area contributed by atoms with E-state index in [1.54, 1.807) is 16.8 Å². The molecule has 0 bridgehead atoms. The molecule has 2 rings (SSSR count). The first kappa shape index (κ1) is 14.0. The molecular weight excluding hydrogens is 267 g/mol. The summed E-state index contributed by atoms with van der Waals surface area (Å²) in [5.74, 6) is -0.312. The first-order valence-corrected chi connectivity index (χ1v) is 6.52. The third kappa shape index (κ3) is 3.14. The number of nitrogens with zero attached hydrogens (tertiary/aromatic N) is 2. The molecule has 102 valence electrons. The molecule has 1 aromatic heterocycles. The van der Waals surface area contributed by atoms with Gasteiger partial charge in [0.15, 0.2) is 0 Å². The molecule has 0 aliphatic rings. The number of hydrogen-bond acceptors (Lipinski definition) is 2. The summed E-state index contributed by atoms with van der Waals surface area (Å²) in [7, 11) is 0. The smallest absolute Gasteiger partial charge is 0.123 e. The molecular formula is C14H16ClFN2O. The van der Waals surface area contributed by atoms with E-state index in [4.69, 9.17) is 11.6 Å². The molecule has 0 saturated carbocycles. The van der Waals surface area contributed by atoms with Crippen LogP contribution in [0.3, 0.4) is 0 Å². The van der Waals surface area contributed by atoms with Crippen LogP contribution in [0.15, 0.2) is 30.5 Å². The van der Waals surface area contributed by atoms with E-state index in [-0.39, 0.29) is 11.9 Å². The van der Waals surface area contributed by atoms with Gasteiger partial charge in [0.1, 0.15) is 11.9 Å². The third-order valence-corrected chi connectivity index (χ3v) is 3.20. The zero-order valence-electron chi connectivity index (χ0n) is 10.8. The summed E-state index contributed by atoms with van der Waals surface area (Å²) in [6.45, 7) is 3.92. The van der Waals surface area contributed by atoms with Crippen LogP contribution in [-0.4, -0.2) is 14.9 Å². The number of halogens is 2. The average molecular weight is 283 g/mol. The fourth-order valence-electron chi connectivity index (χ4n) is 2.06. The first-order chi connectivity index (χ1) is 8.99. The van der Waals surface area contributed by atoms with Gasteiger partial charge in [-0.15, -0.1) is 0 Å². The van der Waals surface area contributed by atoms with Crippen molar-refractivity contribution in [1.29, 1.82) is 0 Å². The highest BCUT2D eigenvalue weighted by molar-refractivity contribution is 6.31. The largest absolute Gasteiger partial charge is 0.386 e. The predicted molar refractivity (Wildman–Crippen MR) is 72.7 cm³/mol. The second-order valence-electron chi connectivity index (χ2n) is 4.77. The summed E-state index contributed by atoms with van der Waals surface area (Å²) in [5, 5.41) is 14.9. The minimum absolute atomic E-state index is 0.102. The molecule has 0 saturated heterocycles. The number of benzene rings is 1.